The summed E-state index contributed by atoms with van der Waals surface area (Å²) in [5, 5.41) is 3.65. The van der Waals surface area contributed by atoms with Crippen molar-refractivity contribution in [3.8, 4) is 11.5 Å². The lowest BCUT2D eigenvalue weighted by atomic mass is 10.2. The first-order valence-electron chi connectivity index (χ1n) is 6.56. The molecule has 5 nitrogen and oxygen atoms in total. The van der Waals surface area contributed by atoms with Gasteiger partial charge in [-0.3, -0.25) is 4.98 Å². The van der Waals surface area contributed by atoms with E-state index in [9.17, 15) is 0 Å². The Labute approximate surface area is 128 Å². The fourth-order valence-corrected chi connectivity index (χ4v) is 2.31. The van der Waals surface area contributed by atoms with Crippen molar-refractivity contribution in [2.75, 3.05) is 18.7 Å². The Morgan fingerprint density at radius 2 is 2.19 bits per heavy atom. The highest BCUT2D eigenvalue weighted by atomic mass is 32.1. The van der Waals surface area contributed by atoms with Gasteiger partial charge < -0.3 is 19.7 Å². The van der Waals surface area contributed by atoms with Crippen molar-refractivity contribution in [2.24, 2.45) is 0 Å². The average molecular weight is 301 g/mol. The molecule has 0 saturated carbocycles. The van der Waals surface area contributed by atoms with Crippen LogP contribution in [0.1, 0.15) is 5.56 Å². The summed E-state index contributed by atoms with van der Waals surface area (Å²) in [6, 6.07) is 9.73. The molecule has 0 spiro atoms. The minimum absolute atomic E-state index is 0.262. The van der Waals surface area contributed by atoms with Gasteiger partial charge in [-0.15, -0.1) is 0 Å². The lowest BCUT2D eigenvalue weighted by molar-refractivity contribution is 0.174. The van der Waals surface area contributed by atoms with Gasteiger partial charge in [0.25, 0.3) is 0 Å². The van der Waals surface area contributed by atoms with Gasteiger partial charge in [0, 0.05) is 31.2 Å². The summed E-state index contributed by atoms with van der Waals surface area (Å²) in [7, 11) is 1.81. The molecular weight excluding hydrogens is 286 g/mol. The molecule has 1 aromatic heterocycles. The second-order valence-electron chi connectivity index (χ2n) is 4.54. The summed E-state index contributed by atoms with van der Waals surface area (Å²) in [4.78, 5) is 6.13. The molecule has 0 amide bonds. The Hall–Kier alpha value is -2.34. The van der Waals surface area contributed by atoms with Gasteiger partial charge in [-0.05, 0) is 36.0 Å². The SMILES string of the molecule is CNC(=S)N(Cc1cccnc1)c1ccc2c(c1)OCO2. The van der Waals surface area contributed by atoms with Crippen molar-refractivity contribution < 1.29 is 9.47 Å². The molecule has 0 bridgehead atoms. The molecule has 0 unspecified atom stereocenters. The van der Waals surface area contributed by atoms with Gasteiger partial charge in [0.1, 0.15) is 0 Å². The fraction of sp³-hybridized carbons (Fsp3) is 0.200. The van der Waals surface area contributed by atoms with Gasteiger partial charge in [0.15, 0.2) is 16.6 Å². The molecule has 108 valence electrons. The van der Waals surface area contributed by atoms with Crippen LogP contribution in [0.4, 0.5) is 5.69 Å². The third-order valence-electron chi connectivity index (χ3n) is 3.19. The largest absolute Gasteiger partial charge is 0.454 e. The monoisotopic (exact) mass is 301 g/mol. The smallest absolute Gasteiger partial charge is 0.231 e. The number of ether oxygens (including phenoxy) is 2. The van der Waals surface area contributed by atoms with Gasteiger partial charge in [-0.2, -0.15) is 0 Å². The van der Waals surface area contributed by atoms with Crippen LogP contribution in [0.3, 0.4) is 0 Å². The third-order valence-corrected chi connectivity index (χ3v) is 3.61. The summed E-state index contributed by atoms with van der Waals surface area (Å²) < 4.78 is 10.8. The van der Waals surface area contributed by atoms with Crippen molar-refractivity contribution >= 4 is 23.0 Å². The summed E-state index contributed by atoms with van der Waals surface area (Å²) in [5.41, 5.74) is 2.02. The quantitative estimate of drug-likeness (QED) is 0.878. The summed E-state index contributed by atoms with van der Waals surface area (Å²) in [6.07, 6.45) is 3.59. The van der Waals surface area contributed by atoms with E-state index in [2.05, 4.69) is 10.3 Å². The standard InChI is InChI=1S/C15H15N3O2S/c1-16-15(21)18(9-11-3-2-6-17-8-11)12-4-5-13-14(7-12)20-10-19-13/h2-8H,9-10H2,1H3,(H,16,21). The lowest BCUT2D eigenvalue weighted by Crippen LogP contribution is -2.37. The number of nitrogens with one attached hydrogen (secondary N) is 1. The number of aromatic nitrogens is 1. The van der Waals surface area contributed by atoms with E-state index < -0.39 is 0 Å². The van der Waals surface area contributed by atoms with Gasteiger partial charge >= 0.3 is 0 Å². The maximum absolute atomic E-state index is 5.43. The van der Waals surface area contributed by atoms with E-state index in [1.807, 2.05) is 48.5 Å². The van der Waals surface area contributed by atoms with Crippen LogP contribution in [-0.4, -0.2) is 23.9 Å². The number of benzene rings is 1. The van der Waals surface area contributed by atoms with Crippen molar-refractivity contribution in [1.82, 2.24) is 10.3 Å². The summed E-state index contributed by atoms with van der Waals surface area (Å²) in [5.74, 6) is 1.50. The lowest BCUT2D eigenvalue weighted by Gasteiger charge is -2.25. The molecule has 0 radical (unpaired) electrons. The van der Waals surface area contributed by atoms with E-state index in [1.54, 1.807) is 6.20 Å². The molecular formula is C15H15N3O2S. The molecule has 0 aliphatic carbocycles. The Morgan fingerprint density at radius 1 is 1.33 bits per heavy atom. The highest BCUT2D eigenvalue weighted by Crippen LogP contribution is 2.35. The predicted octanol–water partition coefficient (Wildman–Crippen LogP) is 2.32. The summed E-state index contributed by atoms with van der Waals surface area (Å²) >= 11 is 5.41. The minimum Gasteiger partial charge on any atom is -0.454 e. The number of rotatable bonds is 3. The van der Waals surface area contributed by atoms with E-state index >= 15 is 0 Å². The number of nitrogens with zero attached hydrogens (tertiary/aromatic N) is 2. The maximum Gasteiger partial charge on any atom is 0.231 e. The van der Waals surface area contributed by atoms with E-state index in [0.29, 0.717) is 11.7 Å². The minimum atomic E-state index is 0.262. The van der Waals surface area contributed by atoms with Crippen LogP contribution in [0.5, 0.6) is 11.5 Å². The Morgan fingerprint density at radius 3 is 2.95 bits per heavy atom. The zero-order valence-electron chi connectivity index (χ0n) is 11.6. The Bertz CT molecular complexity index is 649. The maximum atomic E-state index is 5.43. The van der Waals surface area contributed by atoms with Crippen molar-refractivity contribution in [3.05, 3.63) is 48.3 Å². The number of fused-ring (bicyclic) bond motifs is 1. The zero-order valence-corrected chi connectivity index (χ0v) is 12.4. The summed E-state index contributed by atoms with van der Waals surface area (Å²) in [6.45, 7) is 0.894. The molecule has 1 aromatic carbocycles. The molecule has 21 heavy (non-hydrogen) atoms. The molecule has 2 aromatic rings. The fourth-order valence-electron chi connectivity index (χ4n) is 2.14. The second kappa shape index (κ2) is 5.97. The molecule has 2 heterocycles. The van der Waals surface area contributed by atoms with Crippen LogP contribution >= 0.6 is 12.2 Å². The first kappa shape index (κ1) is 13.6. The van der Waals surface area contributed by atoms with Gasteiger partial charge in [0.05, 0.1) is 6.54 Å². The highest BCUT2D eigenvalue weighted by Gasteiger charge is 2.18. The van der Waals surface area contributed by atoms with Gasteiger partial charge in [-0.1, -0.05) is 6.07 Å². The molecule has 0 atom stereocenters. The van der Waals surface area contributed by atoms with Crippen LogP contribution in [0, 0.1) is 0 Å². The van der Waals surface area contributed by atoms with Gasteiger partial charge in [-0.25, -0.2) is 0 Å². The molecule has 1 aliphatic heterocycles. The molecule has 0 saturated heterocycles. The average Bonchev–Trinajstić information content (AvgIpc) is 3.00. The number of pyridine rings is 1. The molecule has 0 fully saturated rings. The van der Waals surface area contributed by atoms with Crippen LogP contribution in [0.2, 0.25) is 0 Å². The molecule has 3 rings (SSSR count). The number of hydrogen-bond acceptors (Lipinski definition) is 4. The van der Waals surface area contributed by atoms with E-state index in [1.165, 1.54) is 0 Å². The number of thiocarbonyl (C=S) groups is 1. The topological polar surface area (TPSA) is 46.6 Å². The van der Waals surface area contributed by atoms with Crippen molar-refractivity contribution in [3.63, 3.8) is 0 Å². The number of hydrogen-bond donors (Lipinski definition) is 1. The van der Waals surface area contributed by atoms with Crippen LogP contribution in [0.15, 0.2) is 42.7 Å². The van der Waals surface area contributed by atoms with E-state index in [-0.39, 0.29) is 6.79 Å². The van der Waals surface area contributed by atoms with Crippen molar-refractivity contribution in [1.29, 1.82) is 0 Å². The zero-order chi connectivity index (χ0) is 14.7. The Balaban J connectivity index is 1.90. The first-order chi connectivity index (χ1) is 10.3. The van der Waals surface area contributed by atoms with Crippen LogP contribution in [-0.2, 0) is 6.54 Å². The molecule has 1 aliphatic rings. The van der Waals surface area contributed by atoms with Crippen LogP contribution < -0.4 is 19.7 Å². The molecule has 6 heteroatoms. The Kier molecular flexibility index (Phi) is 3.87. The van der Waals surface area contributed by atoms with Crippen LogP contribution in [0.25, 0.3) is 0 Å². The number of anilines is 1. The van der Waals surface area contributed by atoms with Gasteiger partial charge in [0.2, 0.25) is 6.79 Å². The second-order valence-corrected chi connectivity index (χ2v) is 4.93. The normalized spacial score (nSPS) is 12.0. The highest BCUT2D eigenvalue weighted by molar-refractivity contribution is 7.80. The third kappa shape index (κ3) is 2.90. The predicted molar refractivity (Wildman–Crippen MR) is 84.6 cm³/mol. The van der Waals surface area contributed by atoms with E-state index in [4.69, 9.17) is 21.7 Å². The van der Waals surface area contributed by atoms with Crippen molar-refractivity contribution in [2.45, 2.75) is 6.54 Å². The van der Waals surface area contributed by atoms with E-state index in [0.717, 1.165) is 22.7 Å². The molecule has 1 N–H and O–H groups in total. The first-order valence-corrected chi connectivity index (χ1v) is 6.96.